The second-order valence-corrected chi connectivity index (χ2v) is 7.40. The van der Waals surface area contributed by atoms with Crippen molar-refractivity contribution < 1.29 is 5.11 Å². The average molecular weight is 345 g/mol. The number of likely N-dealkylation sites (tertiary alicyclic amines) is 1. The van der Waals surface area contributed by atoms with Crippen molar-refractivity contribution in [3.63, 3.8) is 0 Å². The van der Waals surface area contributed by atoms with Crippen LogP contribution >= 0.6 is 0 Å². The lowest BCUT2D eigenvalue weighted by atomic mass is 10.1. The van der Waals surface area contributed by atoms with Gasteiger partial charge in [-0.1, -0.05) is 25.0 Å². The van der Waals surface area contributed by atoms with Gasteiger partial charge in [-0.2, -0.15) is 0 Å². The molecular formula is C20H32N4O. The molecule has 1 saturated carbocycles. The van der Waals surface area contributed by atoms with E-state index in [-0.39, 0.29) is 0 Å². The molecule has 0 radical (unpaired) electrons. The highest BCUT2D eigenvalue weighted by atomic mass is 16.3. The molecule has 3 N–H and O–H groups in total. The van der Waals surface area contributed by atoms with Crippen LogP contribution in [0.2, 0.25) is 0 Å². The van der Waals surface area contributed by atoms with E-state index in [0.29, 0.717) is 18.3 Å². The SMILES string of the molecule is CCNC(=NCc1ccc(O)cc1)NC1CCN(CC2CCCC2)C1. The number of nitrogens with one attached hydrogen (secondary N) is 2. The fourth-order valence-electron chi connectivity index (χ4n) is 3.96. The van der Waals surface area contributed by atoms with Crippen LogP contribution in [0.1, 0.15) is 44.6 Å². The minimum atomic E-state index is 0.297. The molecule has 5 nitrogen and oxygen atoms in total. The maximum Gasteiger partial charge on any atom is 0.191 e. The van der Waals surface area contributed by atoms with Crippen LogP contribution in [0.25, 0.3) is 0 Å². The van der Waals surface area contributed by atoms with Crippen LogP contribution in [-0.4, -0.2) is 48.2 Å². The standard InChI is InChI=1S/C20H32N4O/c1-2-21-20(22-13-16-7-9-19(25)10-8-16)23-18-11-12-24(15-18)14-17-5-3-4-6-17/h7-10,17-18,25H,2-6,11-15H2,1H3,(H2,21,22,23). The van der Waals surface area contributed by atoms with Gasteiger partial charge in [-0.25, -0.2) is 4.99 Å². The lowest BCUT2D eigenvalue weighted by Gasteiger charge is -2.21. The number of nitrogens with zero attached hydrogens (tertiary/aromatic N) is 2. The molecule has 1 atom stereocenters. The largest absolute Gasteiger partial charge is 0.508 e. The normalized spacial score (nSPS) is 22.4. The first-order chi connectivity index (χ1) is 12.2. The van der Waals surface area contributed by atoms with Crippen LogP contribution in [-0.2, 0) is 6.54 Å². The second-order valence-electron chi connectivity index (χ2n) is 7.40. The van der Waals surface area contributed by atoms with Crippen LogP contribution < -0.4 is 10.6 Å². The van der Waals surface area contributed by atoms with E-state index in [9.17, 15) is 5.11 Å². The first-order valence-electron chi connectivity index (χ1n) is 9.78. The van der Waals surface area contributed by atoms with Gasteiger partial charge in [0, 0.05) is 32.2 Å². The van der Waals surface area contributed by atoms with Gasteiger partial charge in [0.1, 0.15) is 5.75 Å². The maximum absolute atomic E-state index is 9.37. The fraction of sp³-hybridized carbons (Fsp3) is 0.650. The number of phenols is 1. The van der Waals surface area contributed by atoms with Crippen molar-refractivity contribution in [1.29, 1.82) is 0 Å². The predicted octanol–water partition coefficient (Wildman–Crippen LogP) is 2.71. The highest BCUT2D eigenvalue weighted by Gasteiger charge is 2.26. The molecule has 5 heteroatoms. The third kappa shape index (κ3) is 5.63. The molecule has 1 aromatic rings. The quantitative estimate of drug-likeness (QED) is 0.548. The smallest absolute Gasteiger partial charge is 0.191 e. The van der Waals surface area contributed by atoms with Crippen molar-refractivity contribution in [2.24, 2.45) is 10.9 Å². The number of aliphatic imine (C=N–C) groups is 1. The van der Waals surface area contributed by atoms with Crippen molar-refractivity contribution in [3.05, 3.63) is 29.8 Å². The van der Waals surface area contributed by atoms with Gasteiger partial charge in [-0.05, 0) is 49.8 Å². The van der Waals surface area contributed by atoms with Crippen molar-refractivity contribution in [2.45, 2.75) is 51.6 Å². The molecule has 0 amide bonds. The Balaban J connectivity index is 1.49. The molecule has 1 unspecified atom stereocenters. The van der Waals surface area contributed by atoms with Crippen LogP contribution in [0.3, 0.4) is 0 Å². The van der Waals surface area contributed by atoms with Crippen molar-refractivity contribution in [3.8, 4) is 5.75 Å². The summed E-state index contributed by atoms with van der Waals surface area (Å²) in [5.41, 5.74) is 1.10. The van der Waals surface area contributed by atoms with E-state index < -0.39 is 0 Å². The second kappa shape index (κ2) is 9.09. The Hall–Kier alpha value is -1.75. The van der Waals surface area contributed by atoms with E-state index in [1.807, 2.05) is 12.1 Å². The van der Waals surface area contributed by atoms with Gasteiger partial charge in [-0.3, -0.25) is 0 Å². The molecule has 1 heterocycles. The highest BCUT2D eigenvalue weighted by molar-refractivity contribution is 5.80. The van der Waals surface area contributed by atoms with Crippen LogP contribution in [0.4, 0.5) is 0 Å². The van der Waals surface area contributed by atoms with E-state index >= 15 is 0 Å². The summed E-state index contributed by atoms with van der Waals surface area (Å²) in [6.07, 6.45) is 6.89. The third-order valence-corrected chi connectivity index (χ3v) is 5.30. The molecule has 1 aromatic carbocycles. The number of hydrogen-bond donors (Lipinski definition) is 3. The molecule has 138 valence electrons. The lowest BCUT2D eigenvalue weighted by Crippen LogP contribution is -2.44. The number of hydrogen-bond acceptors (Lipinski definition) is 3. The molecule has 0 spiro atoms. The van der Waals surface area contributed by atoms with Crippen molar-refractivity contribution in [2.75, 3.05) is 26.2 Å². The Morgan fingerprint density at radius 2 is 1.96 bits per heavy atom. The van der Waals surface area contributed by atoms with E-state index in [2.05, 4.69) is 22.5 Å². The summed E-state index contributed by atoms with van der Waals surface area (Å²) in [5.74, 6) is 2.12. The zero-order valence-electron chi connectivity index (χ0n) is 15.4. The fourth-order valence-corrected chi connectivity index (χ4v) is 3.96. The van der Waals surface area contributed by atoms with Crippen molar-refractivity contribution in [1.82, 2.24) is 15.5 Å². The molecule has 1 aliphatic heterocycles. The minimum Gasteiger partial charge on any atom is -0.508 e. The van der Waals surface area contributed by atoms with Crippen LogP contribution in [0.15, 0.2) is 29.3 Å². The lowest BCUT2D eigenvalue weighted by molar-refractivity contribution is 0.275. The van der Waals surface area contributed by atoms with Crippen LogP contribution in [0.5, 0.6) is 5.75 Å². The van der Waals surface area contributed by atoms with Gasteiger partial charge in [-0.15, -0.1) is 0 Å². The molecule has 0 aromatic heterocycles. The molecule has 2 aliphatic rings. The summed E-state index contributed by atoms with van der Waals surface area (Å²) in [7, 11) is 0. The number of rotatable bonds is 6. The molecule has 0 bridgehead atoms. The number of phenolic OH excluding ortho intramolecular Hbond substituents is 1. The van der Waals surface area contributed by atoms with Gasteiger partial charge in [0.15, 0.2) is 5.96 Å². The monoisotopic (exact) mass is 344 g/mol. The average Bonchev–Trinajstić information content (AvgIpc) is 3.27. The topological polar surface area (TPSA) is 59.9 Å². The Morgan fingerprint density at radius 3 is 2.68 bits per heavy atom. The first kappa shape index (κ1) is 18.1. The van der Waals surface area contributed by atoms with Gasteiger partial charge in [0.2, 0.25) is 0 Å². The summed E-state index contributed by atoms with van der Waals surface area (Å²) in [5, 5.41) is 16.3. The third-order valence-electron chi connectivity index (χ3n) is 5.30. The Bertz CT molecular complexity index is 551. The summed E-state index contributed by atoms with van der Waals surface area (Å²) in [6, 6.07) is 7.74. The van der Waals surface area contributed by atoms with E-state index in [4.69, 9.17) is 4.99 Å². The molecular weight excluding hydrogens is 312 g/mol. The molecule has 25 heavy (non-hydrogen) atoms. The Morgan fingerprint density at radius 1 is 1.20 bits per heavy atom. The molecule has 1 aliphatic carbocycles. The van der Waals surface area contributed by atoms with E-state index in [1.54, 1.807) is 12.1 Å². The van der Waals surface area contributed by atoms with Gasteiger partial charge in [0.25, 0.3) is 0 Å². The zero-order valence-corrected chi connectivity index (χ0v) is 15.4. The summed E-state index contributed by atoms with van der Waals surface area (Å²) >= 11 is 0. The number of benzene rings is 1. The van der Waals surface area contributed by atoms with Gasteiger partial charge >= 0.3 is 0 Å². The predicted molar refractivity (Wildman–Crippen MR) is 103 cm³/mol. The summed E-state index contributed by atoms with van der Waals surface area (Å²) in [4.78, 5) is 7.32. The molecule has 1 saturated heterocycles. The Labute approximate surface area is 151 Å². The van der Waals surface area contributed by atoms with E-state index in [0.717, 1.165) is 30.5 Å². The Kier molecular flexibility index (Phi) is 6.56. The van der Waals surface area contributed by atoms with Crippen molar-refractivity contribution >= 4 is 5.96 Å². The zero-order chi connectivity index (χ0) is 17.5. The molecule has 2 fully saturated rings. The number of guanidine groups is 1. The van der Waals surface area contributed by atoms with Gasteiger partial charge < -0.3 is 20.6 Å². The number of aromatic hydroxyl groups is 1. The summed E-state index contributed by atoms with van der Waals surface area (Å²) in [6.45, 7) is 7.18. The highest BCUT2D eigenvalue weighted by Crippen LogP contribution is 2.26. The van der Waals surface area contributed by atoms with Crippen LogP contribution in [0, 0.1) is 5.92 Å². The molecule has 3 rings (SSSR count). The maximum atomic E-state index is 9.37. The van der Waals surface area contributed by atoms with Gasteiger partial charge in [0.05, 0.1) is 6.54 Å². The van der Waals surface area contributed by atoms with E-state index in [1.165, 1.54) is 45.2 Å². The first-order valence-corrected chi connectivity index (χ1v) is 9.78. The summed E-state index contributed by atoms with van der Waals surface area (Å²) < 4.78 is 0. The minimum absolute atomic E-state index is 0.297.